The van der Waals surface area contributed by atoms with Crippen LogP contribution in [0, 0.1) is 0 Å². The second-order valence-electron chi connectivity index (χ2n) is 8.85. The minimum absolute atomic E-state index is 0.0871. The first kappa shape index (κ1) is 22.9. The Morgan fingerprint density at radius 1 is 1.03 bits per heavy atom. The molecule has 2 aliphatic carbocycles. The maximum atomic E-state index is 12.9. The Hall–Kier alpha value is -3.84. The molecular weight excluding hydrogens is 468 g/mol. The summed E-state index contributed by atoms with van der Waals surface area (Å²) in [5, 5.41) is 12.3. The van der Waals surface area contributed by atoms with Crippen LogP contribution in [0.3, 0.4) is 0 Å². The molecule has 3 aromatic rings. The highest BCUT2D eigenvalue weighted by Gasteiger charge is 2.55. The maximum absolute atomic E-state index is 12.9. The zero-order valence-electron chi connectivity index (χ0n) is 19.0. The van der Waals surface area contributed by atoms with Crippen molar-refractivity contribution in [3.05, 3.63) is 88.4 Å². The minimum Gasteiger partial charge on any atom is -0.479 e. The molecule has 3 aromatic carbocycles. The maximum Gasteiger partial charge on any atom is 0.411 e. The van der Waals surface area contributed by atoms with Crippen LogP contribution in [0.2, 0.25) is 5.02 Å². The summed E-state index contributed by atoms with van der Waals surface area (Å²) in [6.45, 7) is 0.139. The number of halogens is 1. The number of aliphatic carboxylic acids is 1. The first-order valence-electron chi connectivity index (χ1n) is 11.2. The lowest BCUT2D eigenvalue weighted by Crippen LogP contribution is -2.44. The van der Waals surface area contributed by atoms with Gasteiger partial charge in [0.1, 0.15) is 12.1 Å². The number of anilines is 1. The topological polar surface area (TPSA) is 95.9 Å². The van der Waals surface area contributed by atoms with E-state index in [9.17, 15) is 19.5 Å². The summed E-state index contributed by atoms with van der Waals surface area (Å²) in [5.74, 6) is -1.58. The SMILES string of the molecule is CN(C(=O)c1ccc(Cl)c(NC(=O)OCC2c3ccccc3-c3ccccc32)c1)C1(C(=O)O)CC1. The molecule has 5 rings (SSSR count). The van der Waals surface area contributed by atoms with Crippen molar-refractivity contribution in [2.45, 2.75) is 24.3 Å². The molecule has 8 heteroatoms. The van der Waals surface area contributed by atoms with Crippen molar-refractivity contribution < 1.29 is 24.2 Å². The van der Waals surface area contributed by atoms with Crippen LogP contribution in [-0.4, -0.2) is 47.2 Å². The van der Waals surface area contributed by atoms with Gasteiger partial charge >= 0.3 is 12.1 Å². The van der Waals surface area contributed by atoms with Crippen molar-refractivity contribution >= 4 is 35.3 Å². The first-order valence-corrected chi connectivity index (χ1v) is 11.6. The largest absolute Gasteiger partial charge is 0.479 e. The number of ether oxygens (including phenoxy) is 1. The van der Waals surface area contributed by atoms with Crippen molar-refractivity contribution in [1.29, 1.82) is 0 Å². The number of amides is 2. The molecule has 0 spiro atoms. The standard InChI is InChI=1S/C27H23ClN2O5/c1-30(27(12-13-27)25(32)33)24(31)16-10-11-22(28)23(14-16)29-26(34)35-15-21-19-8-4-2-6-17(19)18-7-3-5-9-20(18)21/h2-11,14,21H,12-13,15H2,1H3,(H,29,34)(H,32,33). The summed E-state index contributed by atoms with van der Waals surface area (Å²) >= 11 is 6.25. The van der Waals surface area contributed by atoms with Crippen molar-refractivity contribution in [2.24, 2.45) is 0 Å². The normalized spacial score (nSPS) is 15.0. The molecule has 0 atom stereocenters. The number of nitrogens with zero attached hydrogens (tertiary/aromatic N) is 1. The van der Waals surface area contributed by atoms with Gasteiger partial charge in [-0.1, -0.05) is 60.1 Å². The molecule has 1 saturated carbocycles. The molecule has 2 amide bonds. The second kappa shape index (κ2) is 8.74. The third-order valence-corrected chi connectivity index (χ3v) is 7.19. The number of carboxylic acids is 1. The monoisotopic (exact) mass is 490 g/mol. The minimum atomic E-state index is -1.17. The van der Waals surface area contributed by atoms with Gasteiger partial charge in [-0.3, -0.25) is 10.1 Å². The average Bonchev–Trinajstić information content (AvgIpc) is 3.62. The Labute approximate surface area is 207 Å². The average molecular weight is 491 g/mol. The van der Waals surface area contributed by atoms with Crippen molar-refractivity contribution in [3.8, 4) is 11.1 Å². The summed E-state index contributed by atoms with van der Waals surface area (Å²) < 4.78 is 5.56. The van der Waals surface area contributed by atoms with Crippen LogP contribution >= 0.6 is 11.6 Å². The van der Waals surface area contributed by atoms with Gasteiger partial charge in [0.15, 0.2) is 0 Å². The Bertz CT molecular complexity index is 1310. The van der Waals surface area contributed by atoms with E-state index in [4.69, 9.17) is 16.3 Å². The fourth-order valence-corrected chi connectivity index (χ4v) is 4.86. The molecule has 7 nitrogen and oxygen atoms in total. The third kappa shape index (κ3) is 4.02. The van der Waals surface area contributed by atoms with E-state index in [0.29, 0.717) is 12.8 Å². The van der Waals surface area contributed by atoms with Crippen LogP contribution < -0.4 is 5.32 Å². The lowest BCUT2D eigenvalue weighted by Gasteiger charge is -2.24. The molecule has 0 bridgehead atoms. The highest BCUT2D eigenvalue weighted by molar-refractivity contribution is 6.33. The summed E-state index contributed by atoms with van der Waals surface area (Å²) in [6.07, 6.45) is 0.113. The van der Waals surface area contributed by atoms with E-state index < -0.39 is 23.5 Å². The Balaban J connectivity index is 1.29. The molecule has 0 unspecified atom stereocenters. The quantitative estimate of drug-likeness (QED) is 0.483. The molecule has 178 valence electrons. The number of likely N-dealkylation sites (N-methyl/N-ethyl adjacent to an activating group) is 1. The molecule has 0 radical (unpaired) electrons. The van der Waals surface area contributed by atoms with Gasteiger partial charge in [0.25, 0.3) is 5.91 Å². The summed E-state index contributed by atoms with van der Waals surface area (Å²) in [6, 6.07) is 20.5. The number of benzene rings is 3. The van der Waals surface area contributed by atoms with Gasteiger partial charge in [0, 0.05) is 18.5 Å². The van der Waals surface area contributed by atoms with E-state index >= 15 is 0 Å². The number of carbonyl (C=O) groups excluding carboxylic acids is 2. The first-order chi connectivity index (χ1) is 16.8. The van der Waals surface area contributed by atoms with Crippen LogP contribution in [0.25, 0.3) is 11.1 Å². The van der Waals surface area contributed by atoms with E-state index in [-0.39, 0.29) is 28.8 Å². The fraction of sp³-hybridized carbons (Fsp3) is 0.222. The smallest absolute Gasteiger partial charge is 0.411 e. The fourth-order valence-electron chi connectivity index (χ4n) is 4.70. The molecule has 35 heavy (non-hydrogen) atoms. The van der Waals surface area contributed by atoms with Crippen molar-refractivity contribution in [2.75, 3.05) is 19.0 Å². The molecule has 1 fully saturated rings. The van der Waals surface area contributed by atoms with E-state index in [0.717, 1.165) is 22.3 Å². The zero-order chi connectivity index (χ0) is 24.7. The number of rotatable bonds is 6. The Morgan fingerprint density at radius 3 is 2.20 bits per heavy atom. The van der Waals surface area contributed by atoms with Crippen molar-refractivity contribution in [3.63, 3.8) is 0 Å². The molecule has 0 saturated heterocycles. The summed E-state index contributed by atoms with van der Waals surface area (Å²) in [5.41, 5.74) is 3.72. The van der Waals surface area contributed by atoms with Gasteiger partial charge in [-0.2, -0.15) is 0 Å². The third-order valence-electron chi connectivity index (χ3n) is 6.86. The van der Waals surface area contributed by atoms with Crippen molar-refractivity contribution in [1.82, 2.24) is 4.90 Å². The number of carboxylic acid groups (broad SMARTS) is 1. The van der Waals surface area contributed by atoms with Gasteiger partial charge < -0.3 is 14.7 Å². The van der Waals surface area contributed by atoms with Gasteiger partial charge in [0.05, 0.1) is 10.7 Å². The predicted molar refractivity (Wildman–Crippen MR) is 132 cm³/mol. The van der Waals surface area contributed by atoms with E-state index in [2.05, 4.69) is 17.4 Å². The Kier molecular flexibility index (Phi) is 5.73. The number of hydrogen-bond donors (Lipinski definition) is 2. The number of nitrogens with one attached hydrogen (secondary N) is 1. The van der Waals surface area contributed by atoms with Crippen LogP contribution in [0.5, 0.6) is 0 Å². The lowest BCUT2D eigenvalue weighted by atomic mass is 9.98. The lowest BCUT2D eigenvalue weighted by molar-refractivity contribution is -0.143. The van der Waals surface area contributed by atoms with E-state index in [1.807, 2.05) is 36.4 Å². The molecule has 0 heterocycles. The predicted octanol–water partition coefficient (Wildman–Crippen LogP) is 5.39. The molecule has 0 aliphatic heterocycles. The molecular formula is C27H23ClN2O5. The highest BCUT2D eigenvalue weighted by Crippen LogP contribution is 2.45. The molecule has 0 aromatic heterocycles. The number of carbonyl (C=O) groups is 3. The summed E-state index contributed by atoms with van der Waals surface area (Å²) in [7, 11) is 1.47. The number of fused-ring (bicyclic) bond motifs is 3. The van der Waals surface area contributed by atoms with Gasteiger partial charge in [-0.05, 0) is 53.3 Å². The summed E-state index contributed by atoms with van der Waals surface area (Å²) in [4.78, 5) is 38.4. The van der Waals surface area contributed by atoms with Crippen LogP contribution in [0.4, 0.5) is 10.5 Å². The van der Waals surface area contributed by atoms with E-state index in [1.54, 1.807) is 0 Å². The molecule has 2 aliphatic rings. The zero-order valence-corrected chi connectivity index (χ0v) is 19.7. The van der Waals surface area contributed by atoms with Gasteiger partial charge in [-0.15, -0.1) is 0 Å². The highest BCUT2D eigenvalue weighted by atomic mass is 35.5. The number of hydrogen-bond acceptors (Lipinski definition) is 4. The van der Waals surface area contributed by atoms with Crippen LogP contribution in [0.15, 0.2) is 66.7 Å². The van der Waals surface area contributed by atoms with E-state index in [1.165, 1.54) is 30.1 Å². The molecule has 2 N–H and O–H groups in total. The Morgan fingerprint density at radius 2 is 1.63 bits per heavy atom. The van der Waals surface area contributed by atoms with Gasteiger partial charge in [-0.25, -0.2) is 9.59 Å². The second-order valence-corrected chi connectivity index (χ2v) is 9.25. The van der Waals surface area contributed by atoms with Crippen LogP contribution in [0.1, 0.15) is 40.2 Å². The van der Waals surface area contributed by atoms with Gasteiger partial charge in [0.2, 0.25) is 0 Å². The van der Waals surface area contributed by atoms with Crippen LogP contribution in [-0.2, 0) is 9.53 Å².